The Morgan fingerprint density at radius 1 is 0.649 bits per heavy atom. The summed E-state index contributed by atoms with van der Waals surface area (Å²) in [5.74, 6) is 0. The summed E-state index contributed by atoms with van der Waals surface area (Å²) in [6.45, 7) is 0. The highest BCUT2D eigenvalue weighted by Gasteiger charge is 2.23. The summed E-state index contributed by atoms with van der Waals surface area (Å²) in [5.41, 5.74) is 8.55. The monoisotopic (exact) mass is 659 g/mol. The molecule has 5 aromatic rings. The predicted octanol–water partition coefficient (Wildman–Crippen LogP) is 4.01. The van der Waals surface area contributed by atoms with Gasteiger partial charge in [0.05, 0.1) is 10.9 Å². The first-order valence-electron chi connectivity index (χ1n) is 10.9. The Bertz CT molecular complexity index is 1410. The molecule has 0 saturated carbocycles. The highest BCUT2D eigenvalue weighted by molar-refractivity contribution is 9.10. The van der Waals surface area contributed by atoms with Crippen molar-refractivity contribution in [3.05, 3.63) is 112 Å². The second kappa shape index (κ2) is 12.0. The number of halogens is 3. The van der Waals surface area contributed by atoms with Crippen molar-refractivity contribution in [1.82, 2.24) is 0 Å². The van der Waals surface area contributed by atoms with Crippen LogP contribution in [0, 0.1) is 10.2 Å². The lowest BCUT2D eigenvalue weighted by Gasteiger charge is -2.17. The number of thiazole rings is 1. The highest BCUT2D eigenvalue weighted by atomic mass is 79.9. The van der Waals surface area contributed by atoms with Gasteiger partial charge in [-0.1, -0.05) is 97.8 Å². The van der Waals surface area contributed by atoms with E-state index in [1.165, 1.54) is 44.0 Å². The maximum absolute atomic E-state index is 8.49. The molecular weight excluding hydrogens is 642 g/mol. The lowest BCUT2D eigenvalue weighted by Crippen LogP contribution is -2.68. The van der Waals surface area contributed by atoms with Gasteiger partial charge in [-0.3, -0.25) is 0 Å². The number of nitrogens with zero attached hydrogens (tertiary/aromatic N) is 1. The predicted molar refractivity (Wildman–Crippen MR) is 143 cm³/mol. The molecule has 1 aromatic heterocycles. The van der Waals surface area contributed by atoms with Gasteiger partial charge in [0.2, 0.25) is 0 Å². The van der Waals surface area contributed by atoms with Gasteiger partial charge >= 0.3 is 0 Å². The Kier molecular flexibility index (Phi) is 8.94. The van der Waals surface area contributed by atoms with Crippen LogP contribution in [0.1, 0.15) is 0 Å². The molecule has 0 aliphatic rings. The van der Waals surface area contributed by atoms with Crippen molar-refractivity contribution in [2.24, 2.45) is 7.05 Å². The van der Waals surface area contributed by atoms with E-state index in [2.05, 4.69) is 146 Å². The van der Waals surface area contributed by atoms with E-state index in [-0.39, 0.29) is 0 Å². The van der Waals surface area contributed by atoms with Crippen LogP contribution in [0.3, 0.4) is 0 Å². The van der Waals surface area contributed by atoms with Gasteiger partial charge < -0.3 is 0 Å². The Morgan fingerprint density at radius 3 is 1.51 bits per heavy atom. The van der Waals surface area contributed by atoms with Crippen LogP contribution in [0.25, 0.3) is 44.0 Å². The Labute approximate surface area is 237 Å². The SMILES string of the molecule is C[n+]1ccsc1-c1c(-c2ccc(Br)cc2)cc(-c2ccccc2)cc1-c1ccc(Br)cc1.[O-][Cl+3]([O-])([O-])[O-]. The number of hydrogen-bond donors (Lipinski definition) is 0. The van der Waals surface area contributed by atoms with Gasteiger partial charge in [0, 0.05) is 8.95 Å². The third-order valence-corrected chi connectivity index (χ3v) is 7.58. The molecule has 0 radical (unpaired) electrons. The Balaban J connectivity index is 0.000000586. The van der Waals surface area contributed by atoms with E-state index < -0.39 is 10.2 Å². The van der Waals surface area contributed by atoms with Gasteiger partial charge in [-0.05, 0) is 69.8 Å². The standard InChI is InChI=1S/C28H20Br2NS.ClHO4/c1-31-15-16-32-28(31)27-25(20-7-11-23(29)12-8-20)17-22(19-5-3-2-4-6-19)18-26(27)21-9-13-24(30)14-10-21;2-1(3,4)5/h2-18H,1H3;(H,2,3,4,5)/q+1;/p-1. The zero-order valence-electron chi connectivity index (χ0n) is 19.4. The highest BCUT2D eigenvalue weighted by Crippen LogP contribution is 2.43. The van der Waals surface area contributed by atoms with Crippen molar-refractivity contribution in [3.63, 3.8) is 0 Å². The molecule has 5 nitrogen and oxygen atoms in total. The topological polar surface area (TPSA) is 96.1 Å². The minimum absolute atomic E-state index is 1.08. The normalized spacial score (nSPS) is 11.1. The summed E-state index contributed by atoms with van der Waals surface area (Å²) in [6, 6.07) is 32.5. The average molecular weight is 662 g/mol. The van der Waals surface area contributed by atoms with Crippen molar-refractivity contribution < 1.29 is 33.4 Å². The summed E-state index contributed by atoms with van der Waals surface area (Å²) in [4.78, 5) is 0. The third kappa shape index (κ3) is 7.34. The van der Waals surface area contributed by atoms with Crippen molar-refractivity contribution >= 4 is 43.2 Å². The molecule has 0 atom stereocenters. The van der Waals surface area contributed by atoms with Gasteiger partial charge in [-0.15, -0.1) is 10.2 Å². The smallest absolute Gasteiger partial charge is 0.222 e. The maximum atomic E-state index is 8.49. The van der Waals surface area contributed by atoms with E-state index in [0.717, 1.165) is 8.95 Å². The van der Waals surface area contributed by atoms with Crippen LogP contribution in [0.2, 0.25) is 0 Å². The van der Waals surface area contributed by atoms with Crippen molar-refractivity contribution in [3.8, 4) is 44.0 Å². The van der Waals surface area contributed by atoms with E-state index in [9.17, 15) is 0 Å². The Hall–Kier alpha value is -2.40. The van der Waals surface area contributed by atoms with E-state index in [1.54, 1.807) is 11.3 Å². The molecule has 0 amide bonds. The second-order valence-corrected chi connectivity index (χ2v) is 11.5. The Morgan fingerprint density at radius 2 is 1.11 bits per heavy atom. The van der Waals surface area contributed by atoms with Crippen LogP contribution in [0.15, 0.2) is 112 Å². The maximum Gasteiger partial charge on any atom is 0.270 e. The van der Waals surface area contributed by atoms with Crippen LogP contribution < -0.4 is 23.2 Å². The lowest BCUT2D eigenvalue weighted by atomic mass is 9.88. The van der Waals surface area contributed by atoms with Crippen molar-refractivity contribution in [2.45, 2.75) is 0 Å². The molecule has 0 unspecified atom stereocenters. The molecule has 0 aliphatic heterocycles. The zero-order valence-corrected chi connectivity index (χ0v) is 24.2. The number of benzene rings is 4. The third-order valence-electron chi connectivity index (χ3n) is 5.55. The largest absolute Gasteiger partial charge is 0.270 e. The fourth-order valence-electron chi connectivity index (χ4n) is 3.96. The molecule has 0 bridgehead atoms. The zero-order chi connectivity index (χ0) is 26.6. The van der Waals surface area contributed by atoms with Gasteiger partial charge in [0.1, 0.15) is 7.05 Å². The molecular formula is C28H20Br2ClNO4S. The number of rotatable bonds is 4. The molecule has 0 N–H and O–H groups in total. The molecule has 4 aromatic carbocycles. The van der Waals surface area contributed by atoms with E-state index in [0.29, 0.717) is 0 Å². The molecule has 37 heavy (non-hydrogen) atoms. The summed E-state index contributed by atoms with van der Waals surface area (Å²) >= 11 is 8.95. The summed E-state index contributed by atoms with van der Waals surface area (Å²) in [7, 11) is -2.83. The second-order valence-electron chi connectivity index (χ2n) is 8.02. The molecule has 0 spiro atoms. The summed E-state index contributed by atoms with van der Waals surface area (Å²) in [6.07, 6.45) is 2.13. The van der Waals surface area contributed by atoms with Crippen LogP contribution >= 0.6 is 43.2 Å². The van der Waals surface area contributed by atoms with Crippen molar-refractivity contribution in [2.75, 3.05) is 0 Å². The molecule has 188 valence electrons. The first-order chi connectivity index (χ1) is 17.6. The van der Waals surface area contributed by atoms with Crippen LogP contribution in [0.5, 0.6) is 0 Å². The molecule has 9 heteroatoms. The molecule has 0 saturated heterocycles. The quantitative estimate of drug-likeness (QED) is 0.272. The minimum Gasteiger partial charge on any atom is -0.222 e. The number of aryl methyl sites for hydroxylation is 1. The van der Waals surface area contributed by atoms with E-state index in [4.69, 9.17) is 18.6 Å². The van der Waals surface area contributed by atoms with Crippen LogP contribution in [-0.4, -0.2) is 0 Å². The fraction of sp³-hybridized carbons (Fsp3) is 0.0357. The molecule has 5 rings (SSSR count). The van der Waals surface area contributed by atoms with Gasteiger partial charge in [-0.25, -0.2) is 18.6 Å². The van der Waals surface area contributed by atoms with E-state index >= 15 is 0 Å². The number of hydrogen-bond acceptors (Lipinski definition) is 5. The van der Waals surface area contributed by atoms with Gasteiger partial charge in [0.25, 0.3) is 5.01 Å². The van der Waals surface area contributed by atoms with Gasteiger partial charge in [-0.2, -0.15) is 4.57 Å². The number of aromatic nitrogens is 1. The molecule has 0 fully saturated rings. The average Bonchev–Trinajstić information content (AvgIpc) is 3.29. The summed E-state index contributed by atoms with van der Waals surface area (Å²) < 4.78 is 38.3. The summed E-state index contributed by atoms with van der Waals surface area (Å²) in [5, 5.41) is 3.39. The minimum atomic E-state index is -4.94. The van der Waals surface area contributed by atoms with E-state index in [1.807, 2.05) is 0 Å². The van der Waals surface area contributed by atoms with Crippen LogP contribution in [0.4, 0.5) is 0 Å². The molecule has 1 heterocycles. The van der Waals surface area contributed by atoms with Crippen molar-refractivity contribution in [1.29, 1.82) is 0 Å². The van der Waals surface area contributed by atoms with Crippen LogP contribution in [-0.2, 0) is 7.05 Å². The first-order valence-corrected chi connectivity index (χ1v) is 14.6. The lowest BCUT2D eigenvalue weighted by molar-refractivity contribution is -2.00. The fourth-order valence-corrected chi connectivity index (χ4v) is 5.42. The first kappa shape index (κ1) is 27.6. The van der Waals surface area contributed by atoms with Gasteiger partial charge in [0.15, 0.2) is 6.20 Å². The molecule has 0 aliphatic carbocycles.